The smallest absolute Gasteiger partial charge is 0.242 e. The SMILES string of the molecule is NC(=O)CCNS(=O)(=O)c1cncc(Br)c1. The van der Waals surface area contributed by atoms with E-state index >= 15 is 0 Å². The van der Waals surface area contributed by atoms with E-state index in [0.29, 0.717) is 4.47 Å². The molecule has 0 saturated carbocycles. The number of amides is 1. The third-order valence-corrected chi connectivity index (χ3v) is 3.52. The molecule has 0 aromatic carbocycles. The Kier molecular flexibility index (Phi) is 4.39. The monoisotopic (exact) mass is 307 g/mol. The molecule has 3 N–H and O–H groups in total. The molecule has 0 aliphatic heterocycles. The van der Waals surface area contributed by atoms with Gasteiger partial charge in [-0.2, -0.15) is 0 Å². The van der Waals surface area contributed by atoms with E-state index in [1.807, 2.05) is 0 Å². The second-order valence-corrected chi connectivity index (χ2v) is 5.64. The first kappa shape index (κ1) is 13.1. The summed E-state index contributed by atoms with van der Waals surface area (Å²) in [6.45, 7) is -0.0236. The molecule has 0 unspecified atom stereocenters. The Bertz CT molecular complexity index is 489. The number of nitrogens with one attached hydrogen (secondary N) is 1. The molecule has 0 spiro atoms. The molecule has 0 aliphatic carbocycles. The van der Waals surface area contributed by atoms with Crippen molar-refractivity contribution in [3.05, 3.63) is 22.9 Å². The third kappa shape index (κ3) is 3.87. The van der Waals surface area contributed by atoms with Gasteiger partial charge in [-0.15, -0.1) is 0 Å². The molecule has 1 heterocycles. The van der Waals surface area contributed by atoms with E-state index in [-0.39, 0.29) is 17.9 Å². The van der Waals surface area contributed by atoms with Gasteiger partial charge in [0.1, 0.15) is 4.90 Å². The second-order valence-electron chi connectivity index (χ2n) is 2.95. The number of rotatable bonds is 5. The Morgan fingerprint density at radius 3 is 2.75 bits per heavy atom. The molecular weight excluding hydrogens is 298 g/mol. The Balaban J connectivity index is 2.74. The molecule has 6 nitrogen and oxygen atoms in total. The lowest BCUT2D eigenvalue weighted by atomic mass is 10.4. The fourth-order valence-electron chi connectivity index (χ4n) is 0.931. The summed E-state index contributed by atoms with van der Waals surface area (Å²) in [6, 6.07) is 1.42. The van der Waals surface area contributed by atoms with E-state index in [1.165, 1.54) is 18.5 Å². The van der Waals surface area contributed by atoms with Crippen LogP contribution in [-0.4, -0.2) is 25.9 Å². The van der Waals surface area contributed by atoms with Crippen molar-refractivity contribution < 1.29 is 13.2 Å². The van der Waals surface area contributed by atoms with Crippen LogP contribution < -0.4 is 10.5 Å². The van der Waals surface area contributed by atoms with E-state index in [2.05, 4.69) is 25.6 Å². The van der Waals surface area contributed by atoms with Crippen LogP contribution in [0.1, 0.15) is 6.42 Å². The summed E-state index contributed by atoms with van der Waals surface area (Å²) in [6.07, 6.45) is 2.65. The zero-order valence-corrected chi connectivity index (χ0v) is 10.6. The molecule has 16 heavy (non-hydrogen) atoms. The first-order valence-corrected chi connectivity index (χ1v) is 6.58. The minimum atomic E-state index is -3.63. The maximum Gasteiger partial charge on any atom is 0.242 e. The second kappa shape index (κ2) is 5.37. The summed E-state index contributed by atoms with van der Waals surface area (Å²) in [5, 5.41) is 0. The lowest BCUT2D eigenvalue weighted by molar-refractivity contribution is -0.117. The van der Waals surface area contributed by atoms with Gasteiger partial charge in [0.05, 0.1) is 0 Å². The highest BCUT2D eigenvalue weighted by Crippen LogP contribution is 2.13. The normalized spacial score (nSPS) is 11.3. The summed E-state index contributed by atoms with van der Waals surface area (Å²) < 4.78 is 26.1. The Labute approximate surface area is 101 Å². The van der Waals surface area contributed by atoms with Crippen LogP contribution in [0.15, 0.2) is 27.8 Å². The van der Waals surface area contributed by atoms with Crippen LogP contribution >= 0.6 is 15.9 Å². The van der Waals surface area contributed by atoms with E-state index in [9.17, 15) is 13.2 Å². The van der Waals surface area contributed by atoms with Crippen LogP contribution in [0, 0.1) is 0 Å². The quantitative estimate of drug-likeness (QED) is 0.799. The van der Waals surface area contributed by atoms with Gasteiger partial charge in [-0.1, -0.05) is 0 Å². The molecule has 0 bridgehead atoms. The number of sulfonamides is 1. The fraction of sp³-hybridized carbons (Fsp3) is 0.250. The number of halogens is 1. The molecule has 1 rings (SSSR count). The number of carbonyl (C=O) groups excluding carboxylic acids is 1. The predicted octanol–water partition coefficient (Wildman–Crippen LogP) is -0.00220. The van der Waals surface area contributed by atoms with Crippen molar-refractivity contribution >= 4 is 31.9 Å². The van der Waals surface area contributed by atoms with Crippen molar-refractivity contribution in [1.82, 2.24) is 9.71 Å². The molecule has 0 atom stereocenters. The Morgan fingerprint density at radius 2 is 2.19 bits per heavy atom. The van der Waals surface area contributed by atoms with Gasteiger partial charge in [-0.3, -0.25) is 9.78 Å². The van der Waals surface area contributed by atoms with Crippen LogP contribution in [0.3, 0.4) is 0 Å². The van der Waals surface area contributed by atoms with E-state index in [4.69, 9.17) is 5.73 Å². The number of nitrogens with zero attached hydrogens (tertiary/aromatic N) is 1. The summed E-state index contributed by atoms with van der Waals surface area (Å²) >= 11 is 3.12. The molecule has 8 heteroatoms. The van der Waals surface area contributed by atoms with Gasteiger partial charge in [0, 0.05) is 29.8 Å². The highest BCUT2D eigenvalue weighted by molar-refractivity contribution is 9.10. The van der Waals surface area contributed by atoms with Gasteiger partial charge in [0.25, 0.3) is 0 Å². The molecule has 0 aliphatic rings. The topological polar surface area (TPSA) is 102 Å². The Hall–Kier alpha value is -0.990. The van der Waals surface area contributed by atoms with E-state index in [0.717, 1.165) is 0 Å². The largest absolute Gasteiger partial charge is 0.370 e. The van der Waals surface area contributed by atoms with Crippen LogP contribution in [0.5, 0.6) is 0 Å². The molecule has 0 saturated heterocycles. The van der Waals surface area contributed by atoms with Crippen molar-refractivity contribution in [2.24, 2.45) is 5.73 Å². The van der Waals surface area contributed by atoms with Crippen molar-refractivity contribution in [1.29, 1.82) is 0 Å². The van der Waals surface area contributed by atoms with Gasteiger partial charge in [0.15, 0.2) is 0 Å². The summed E-state index contributed by atoms with van der Waals surface area (Å²) in [5.41, 5.74) is 4.89. The molecule has 0 fully saturated rings. The molecule has 88 valence electrons. The predicted molar refractivity (Wildman–Crippen MR) is 60.9 cm³/mol. The first-order valence-electron chi connectivity index (χ1n) is 4.30. The number of carbonyl (C=O) groups is 1. The lowest BCUT2D eigenvalue weighted by Crippen LogP contribution is -2.28. The summed E-state index contributed by atoms with van der Waals surface area (Å²) in [4.78, 5) is 14.2. The van der Waals surface area contributed by atoms with E-state index in [1.54, 1.807) is 0 Å². The van der Waals surface area contributed by atoms with Crippen molar-refractivity contribution in [3.8, 4) is 0 Å². The lowest BCUT2D eigenvalue weighted by Gasteiger charge is -2.05. The van der Waals surface area contributed by atoms with Gasteiger partial charge >= 0.3 is 0 Å². The Morgan fingerprint density at radius 1 is 1.50 bits per heavy atom. The maximum absolute atomic E-state index is 11.6. The zero-order valence-electron chi connectivity index (χ0n) is 8.18. The molecule has 1 amide bonds. The average Bonchev–Trinajstić information content (AvgIpc) is 2.16. The summed E-state index contributed by atoms with van der Waals surface area (Å²) in [7, 11) is -3.63. The minimum absolute atomic E-state index is 0.0236. The zero-order chi connectivity index (χ0) is 12.2. The van der Waals surface area contributed by atoms with Gasteiger partial charge < -0.3 is 5.73 Å². The first-order chi connectivity index (χ1) is 7.42. The maximum atomic E-state index is 11.6. The van der Waals surface area contributed by atoms with Crippen molar-refractivity contribution in [2.45, 2.75) is 11.3 Å². The van der Waals surface area contributed by atoms with Crippen molar-refractivity contribution in [2.75, 3.05) is 6.54 Å². The van der Waals surface area contributed by atoms with E-state index < -0.39 is 15.9 Å². The van der Waals surface area contributed by atoms with Crippen molar-refractivity contribution in [3.63, 3.8) is 0 Å². The molecule has 0 radical (unpaired) electrons. The van der Waals surface area contributed by atoms with Gasteiger partial charge in [-0.05, 0) is 22.0 Å². The van der Waals surface area contributed by atoms with Crippen LogP contribution in [0.25, 0.3) is 0 Å². The van der Waals surface area contributed by atoms with Crippen LogP contribution in [-0.2, 0) is 14.8 Å². The van der Waals surface area contributed by atoms with Gasteiger partial charge in [0.2, 0.25) is 15.9 Å². The molecule has 1 aromatic heterocycles. The number of aromatic nitrogens is 1. The highest BCUT2D eigenvalue weighted by Gasteiger charge is 2.14. The number of hydrogen-bond acceptors (Lipinski definition) is 4. The molecule has 1 aromatic rings. The fourth-order valence-corrected chi connectivity index (χ4v) is 2.47. The highest BCUT2D eigenvalue weighted by atomic mass is 79.9. The third-order valence-electron chi connectivity index (χ3n) is 1.65. The number of pyridine rings is 1. The van der Waals surface area contributed by atoms with Crippen LogP contribution in [0.4, 0.5) is 0 Å². The summed E-state index contributed by atoms with van der Waals surface area (Å²) in [5.74, 6) is -0.560. The number of nitrogens with two attached hydrogens (primary N) is 1. The molecular formula is C8H10BrN3O3S. The standard InChI is InChI=1S/C8H10BrN3O3S/c9-6-3-7(5-11-4-6)16(14,15)12-2-1-8(10)13/h3-5,12H,1-2H2,(H2,10,13). The number of primary amides is 1. The van der Waals surface area contributed by atoms with Gasteiger partial charge in [-0.25, -0.2) is 13.1 Å². The average molecular weight is 308 g/mol. The van der Waals surface area contributed by atoms with Crippen LogP contribution in [0.2, 0.25) is 0 Å². The minimum Gasteiger partial charge on any atom is -0.370 e. The number of hydrogen-bond donors (Lipinski definition) is 2.